The van der Waals surface area contributed by atoms with E-state index in [2.05, 4.69) is 53.7 Å². The standard InChI is InChI=1S/C25H29N3O3S2/c1-4-27(21-10-11-33(30,31)17-21)24(29)16-32-25-26-15-23(20-8-6-5-7-9-20)28(25)22-13-18(2)12-19(3)14-22/h5-9,12-15,21H,4,10-11,16-17H2,1-3H3/t21-/m1/s1. The van der Waals surface area contributed by atoms with E-state index in [9.17, 15) is 13.2 Å². The molecule has 4 rings (SSSR count). The second kappa shape index (κ2) is 9.73. The number of aromatic nitrogens is 2. The van der Waals surface area contributed by atoms with Crippen LogP contribution in [0.15, 0.2) is 59.9 Å². The van der Waals surface area contributed by atoms with Crippen LogP contribution in [-0.2, 0) is 14.6 Å². The van der Waals surface area contributed by atoms with Gasteiger partial charge in [-0.25, -0.2) is 13.4 Å². The topological polar surface area (TPSA) is 72.3 Å². The molecule has 8 heteroatoms. The minimum absolute atomic E-state index is 0.0548. The first-order valence-corrected chi connectivity index (χ1v) is 13.9. The van der Waals surface area contributed by atoms with E-state index in [4.69, 9.17) is 0 Å². The molecule has 1 amide bonds. The largest absolute Gasteiger partial charge is 0.338 e. The summed E-state index contributed by atoms with van der Waals surface area (Å²) in [6.45, 7) is 6.54. The van der Waals surface area contributed by atoms with Crippen LogP contribution < -0.4 is 0 Å². The smallest absolute Gasteiger partial charge is 0.233 e. The summed E-state index contributed by atoms with van der Waals surface area (Å²) in [7, 11) is -3.05. The van der Waals surface area contributed by atoms with Gasteiger partial charge in [0, 0.05) is 23.8 Å². The molecule has 1 aromatic heterocycles. The number of rotatable bonds is 7. The van der Waals surface area contributed by atoms with Crippen LogP contribution in [0.3, 0.4) is 0 Å². The van der Waals surface area contributed by atoms with Crippen molar-refractivity contribution in [2.45, 2.75) is 38.4 Å². The molecular weight excluding hydrogens is 454 g/mol. The van der Waals surface area contributed by atoms with Crippen molar-refractivity contribution in [3.8, 4) is 16.9 Å². The zero-order valence-corrected chi connectivity index (χ0v) is 20.8. The fourth-order valence-corrected chi connectivity index (χ4v) is 7.06. The van der Waals surface area contributed by atoms with Gasteiger partial charge in [0.2, 0.25) is 5.91 Å². The number of sulfone groups is 1. The predicted molar refractivity (Wildman–Crippen MR) is 134 cm³/mol. The van der Waals surface area contributed by atoms with Crippen LogP contribution in [0.5, 0.6) is 0 Å². The molecule has 0 bridgehead atoms. The van der Waals surface area contributed by atoms with E-state index in [1.54, 1.807) is 4.90 Å². The summed E-state index contributed by atoms with van der Waals surface area (Å²) in [5.74, 6) is 0.375. The van der Waals surface area contributed by atoms with Gasteiger partial charge in [0.05, 0.1) is 29.1 Å². The van der Waals surface area contributed by atoms with Crippen molar-refractivity contribution in [1.82, 2.24) is 14.5 Å². The van der Waals surface area contributed by atoms with E-state index in [1.807, 2.05) is 31.3 Å². The van der Waals surface area contributed by atoms with Crippen LogP contribution in [0.2, 0.25) is 0 Å². The van der Waals surface area contributed by atoms with Gasteiger partial charge in [-0.3, -0.25) is 9.36 Å². The van der Waals surface area contributed by atoms with E-state index >= 15 is 0 Å². The maximum absolute atomic E-state index is 13.1. The van der Waals surface area contributed by atoms with Crippen LogP contribution in [-0.4, -0.2) is 58.6 Å². The van der Waals surface area contributed by atoms with Crippen molar-refractivity contribution < 1.29 is 13.2 Å². The second-order valence-electron chi connectivity index (χ2n) is 8.50. The SMILES string of the molecule is CCN(C(=O)CSc1ncc(-c2ccccc2)n1-c1cc(C)cc(C)c1)[C@@H]1CCS(=O)(=O)C1. The Hall–Kier alpha value is -2.58. The molecule has 0 unspecified atom stereocenters. The average Bonchev–Trinajstić information content (AvgIpc) is 3.35. The number of carbonyl (C=O) groups excluding carboxylic acids is 1. The summed E-state index contributed by atoms with van der Waals surface area (Å²) in [5, 5.41) is 0.738. The lowest BCUT2D eigenvalue weighted by Crippen LogP contribution is -2.42. The number of thioether (sulfide) groups is 1. The highest BCUT2D eigenvalue weighted by atomic mass is 32.2. The molecule has 33 heavy (non-hydrogen) atoms. The Balaban J connectivity index is 1.63. The fraction of sp³-hybridized carbons (Fsp3) is 0.360. The summed E-state index contributed by atoms with van der Waals surface area (Å²) in [4.78, 5) is 19.4. The van der Waals surface area contributed by atoms with E-state index in [0.717, 1.165) is 33.2 Å². The Bertz CT molecular complexity index is 1230. The average molecular weight is 484 g/mol. The molecule has 6 nitrogen and oxygen atoms in total. The zero-order chi connectivity index (χ0) is 23.6. The number of nitrogens with zero attached hydrogens (tertiary/aromatic N) is 3. The van der Waals surface area contributed by atoms with Crippen LogP contribution in [0, 0.1) is 13.8 Å². The third-order valence-electron chi connectivity index (χ3n) is 5.90. The molecule has 3 aromatic rings. The fourth-order valence-electron chi connectivity index (χ4n) is 4.45. The number of benzene rings is 2. The molecular formula is C25H29N3O3S2. The highest BCUT2D eigenvalue weighted by Crippen LogP contribution is 2.31. The van der Waals surface area contributed by atoms with Crippen molar-refractivity contribution in [3.05, 3.63) is 65.9 Å². The number of aryl methyl sites for hydroxylation is 2. The van der Waals surface area contributed by atoms with E-state index in [0.29, 0.717) is 13.0 Å². The number of imidazole rings is 1. The summed E-state index contributed by atoms with van der Waals surface area (Å²) >= 11 is 1.39. The summed E-state index contributed by atoms with van der Waals surface area (Å²) < 4.78 is 25.9. The molecule has 1 aliphatic rings. The van der Waals surface area contributed by atoms with Crippen LogP contribution in [0.25, 0.3) is 16.9 Å². The Kier molecular flexibility index (Phi) is 6.95. The molecule has 0 aliphatic carbocycles. The third-order valence-corrected chi connectivity index (χ3v) is 8.59. The highest BCUT2D eigenvalue weighted by Gasteiger charge is 2.34. The lowest BCUT2D eigenvalue weighted by Gasteiger charge is -2.26. The van der Waals surface area contributed by atoms with Crippen LogP contribution in [0.4, 0.5) is 0 Å². The molecule has 0 saturated carbocycles. The molecule has 2 aromatic carbocycles. The summed E-state index contributed by atoms with van der Waals surface area (Å²) in [6, 6.07) is 16.2. The van der Waals surface area contributed by atoms with Crippen LogP contribution >= 0.6 is 11.8 Å². The maximum atomic E-state index is 13.1. The van der Waals surface area contributed by atoms with E-state index < -0.39 is 9.84 Å². The number of amides is 1. The predicted octanol–water partition coefficient (Wildman–Crippen LogP) is 4.28. The van der Waals surface area contributed by atoms with Gasteiger partial charge in [-0.05, 0) is 50.5 Å². The van der Waals surface area contributed by atoms with E-state index in [-0.39, 0.29) is 29.2 Å². The molecule has 1 aliphatic heterocycles. The monoisotopic (exact) mass is 483 g/mol. The van der Waals surface area contributed by atoms with Crippen molar-refractivity contribution in [2.75, 3.05) is 23.8 Å². The normalized spacial score (nSPS) is 17.2. The quantitative estimate of drug-likeness (QED) is 0.469. The number of carbonyl (C=O) groups is 1. The first kappa shape index (κ1) is 23.6. The highest BCUT2D eigenvalue weighted by molar-refractivity contribution is 7.99. The molecule has 0 radical (unpaired) electrons. The minimum atomic E-state index is -3.05. The molecule has 1 saturated heterocycles. The van der Waals surface area contributed by atoms with Gasteiger partial charge in [0.15, 0.2) is 15.0 Å². The van der Waals surface area contributed by atoms with Crippen LogP contribution in [0.1, 0.15) is 24.5 Å². The maximum Gasteiger partial charge on any atom is 0.233 e. The van der Waals surface area contributed by atoms with Crippen molar-refractivity contribution >= 4 is 27.5 Å². The Morgan fingerprint density at radius 2 is 1.85 bits per heavy atom. The minimum Gasteiger partial charge on any atom is -0.338 e. The van der Waals surface area contributed by atoms with Crippen molar-refractivity contribution in [2.24, 2.45) is 0 Å². The Morgan fingerprint density at radius 3 is 2.45 bits per heavy atom. The van der Waals surface area contributed by atoms with Crippen molar-refractivity contribution in [1.29, 1.82) is 0 Å². The van der Waals surface area contributed by atoms with Gasteiger partial charge in [-0.1, -0.05) is 48.2 Å². The number of hydrogen-bond acceptors (Lipinski definition) is 5. The van der Waals surface area contributed by atoms with Gasteiger partial charge in [-0.15, -0.1) is 0 Å². The van der Waals surface area contributed by atoms with Gasteiger partial charge in [-0.2, -0.15) is 0 Å². The third kappa shape index (κ3) is 5.33. The molecule has 1 fully saturated rings. The van der Waals surface area contributed by atoms with Gasteiger partial charge in [0.1, 0.15) is 0 Å². The van der Waals surface area contributed by atoms with E-state index in [1.165, 1.54) is 11.8 Å². The first-order chi connectivity index (χ1) is 15.8. The Labute approximate surface area is 199 Å². The molecule has 174 valence electrons. The molecule has 0 N–H and O–H groups in total. The zero-order valence-electron chi connectivity index (χ0n) is 19.2. The lowest BCUT2D eigenvalue weighted by atomic mass is 10.1. The second-order valence-corrected chi connectivity index (χ2v) is 11.7. The molecule has 1 atom stereocenters. The summed E-state index contributed by atoms with van der Waals surface area (Å²) in [5.41, 5.74) is 5.33. The van der Waals surface area contributed by atoms with Gasteiger partial charge < -0.3 is 4.90 Å². The van der Waals surface area contributed by atoms with Gasteiger partial charge in [0.25, 0.3) is 0 Å². The number of hydrogen-bond donors (Lipinski definition) is 0. The Morgan fingerprint density at radius 1 is 1.15 bits per heavy atom. The molecule has 0 spiro atoms. The van der Waals surface area contributed by atoms with Gasteiger partial charge >= 0.3 is 0 Å². The summed E-state index contributed by atoms with van der Waals surface area (Å²) in [6.07, 6.45) is 2.36. The lowest BCUT2D eigenvalue weighted by molar-refractivity contribution is -0.129. The van der Waals surface area contributed by atoms with Crippen molar-refractivity contribution in [3.63, 3.8) is 0 Å². The molecule has 2 heterocycles. The first-order valence-electron chi connectivity index (χ1n) is 11.1.